The van der Waals surface area contributed by atoms with Gasteiger partial charge in [0.05, 0.1) is 12.0 Å². The number of rotatable bonds is 3. The summed E-state index contributed by atoms with van der Waals surface area (Å²) in [6, 6.07) is 0. The van der Waals surface area contributed by atoms with Crippen molar-refractivity contribution >= 4 is 16.9 Å². The van der Waals surface area contributed by atoms with Crippen molar-refractivity contribution in [3.05, 3.63) is 0 Å². The summed E-state index contributed by atoms with van der Waals surface area (Å²) < 4.78 is 0. The Morgan fingerprint density at radius 3 is 2.23 bits per heavy atom. The highest BCUT2D eigenvalue weighted by Crippen LogP contribution is 2.27. The Morgan fingerprint density at radius 1 is 1.46 bits per heavy atom. The normalized spacial score (nSPS) is 16.8. The molecule has 0 fully saturated rings. The van der Waals surface area contributed by atoms with Crippen molar-refractivity contribution in [3.63, 3.8) is 0 Å². The molecule has 3 heteroatoms. The van der Waals surface area contributed by atoms with Gasteiger partial charge in [-0.3, -0.25) is 4.79 Å². The Hall–Kier alpha value is -0.0200. The zero-order valence-electron chi connectivity index (χ0n) is 9.13. The van der Waals surface area contributed by atoms with Crippen molar-refractivity contribution in [2.24, 2.45) is 11.3 Å². The second-order valence-corrected chi connectivity index (χ2v) is 5.62. The Labute approximate surface area is 85.1 Å². The predicted molar refractivity (Wildman–Crippen MR) is 57.8 cm³/mol. The van der Waals surface area contributed by atoms with Crippen LogP contribution in [0.5, 0.6) is 0 Å². The number of carbonyl (C=O) groups is 1. The lowest BCUT2D eigenvalue weighted by molar-refractivity contribution is -0.119. The molecular formula is C10H20O2S. The molecule has 1 N–H and O–H groups in total. The van der Waals surface area contributed by atoms with Gasteiger partial charge in [-0.1, -0.05) is 46.4 Å². The van der Waals surface area contributed by atoms with Crippen LogP contribution in [0.1, 0.15) is 34.6 Å². The number of aliphatic hydroxyl groups excluding tert-OH is 1. The van der Waals surface area contributed by atoms with E-state index in [4.69, 9.17) is 0 Å². The molecular weight excluding hydrogens is 184 g/mol. The lowest BCUT2D eigenvalue weighted by Gasteiger charge is -2.29. The summed E-state index contributed by atoms with van der Waals surface area (Å²) >= 11 is 1.28. The van der Waals surface area contributed by atoms with Gasteiger partial charge in [0, 0.05) is 0 Å². The smallest absolute Gasteiger partial charge is 0.194 e. The molecule has 0 spiro atoms. The molecule has 0 aromatic carbocycles. The highest BCUT2D eigenvalue weighted by Gasteiger charge is 2.31. The van der Waals surface area contributed by atoms with Crippen LogP contribution in [0, 0.1) is 11.3 Å². The van der Waals surface area contributed by atoms with Crippen LogP contribution in [-0.2, 0) is 4.79 Å². The van der Waals surface area contributed by atoms with Gasteiger partial charge in [-0.2, -0.15) is 0 Å². The average Bonchev–Trinajstić information content (AvgIpc) is 2.00. The van der Waals surface area contributed by atoms with Crippen molar-refractivity contribution in [3.8, 4) is 0 Å². The Balaban J connectivity index is 4.25. The van der Waals surface area contributed by atoms with Crippen LogP contribution < -0.4 is 0 Å². The number of hydrogen-bond donors (Lipinski definition) is 1. The maximum atomic E-state index is 11.4. The zero-order valence-corrected chi connectivity index (χ0v) is 9.94. The molecule has 0 aromatic heterocycles. The van der Waals surface area contributed by atoms with E-state index < -0.39 is 6.10 Å². The standard InChI is InChI=1S/C10H20O2S/c1-6-13-9(12)7(2)8(11)10(3,4)5/h7-8,11H,6H2,1-5H3/t7-,8-/m0/s1. The highest BCUT2D eigenvalue weighted by molar-refractivity contribution is 8.13. The van der Waals surface area contributed by atoms with Crippen LogP contribution >= 0.6 is 11.8 Å². The van der Waals surface area contributed by atoms with Crippen molar-refractivity contribution in [1.82, 2.24) is 0 Å². The molecule has 0 saturated heterocycles. The van der Waals surface area contributed by atoms with Gasteiger partial charge in [0.1, 0.15) is 0 Å². The summed E-state index contributed by atoms with van der Waals surface area (Å²) in [5.41, 5.74) is -0.219. The molecule has 0 amide bonds. The number of carbonyl (C=O) groups excluding carboxylic acids is 1. The molecule has 2 atom stereocenters. The second kappa shape index (κ2) is 5.01. The molecule has 13 heavy (non-hydrogen) atoms. The van der Waals surface area contributed by atoms with Crippen molar-refractivity contribution < 1.29 is 9.90 Å². The van der Waals surface area contributed by atoms with E-state index in [1.807, 2.05) is 27.7 Å². The average molecular weight is 204 g/mol. The van der Waals surface area contributed by atoms with Gasteiger partial charge in [-0.25, -0.2) is 0 Å². The molecule has 78 valence electrons. The van der Waals surface area contributed by atoms with Gasteiger partial charge in [0.25, 0.3) is 0 Å². The van der Waals surface area contributed by atoms with Gasteiger partial charge < -0.3 is 5.11 Å². The Kier molecular flexibility index (Phi) is 5.00. The summed E-state index contributed by atoms with van der Waals surface area (Å²) in [4.78, 5) is 11.4. The van der Waals surface area contributed by atoms with E-state index in [1.165, 1.54) is 11.8 Å². The Morgan fingerprint density at radius 2 is 1.92 bits per heavy atom. The monoisotopic (exact) mass is 204 g/mol. The van der Waals surface area contributed by atoms with E-state index in [-0.39, 0.29) is 16.4 Å². The molecule has 0 aliphatic heterocycles. The minimum Gasteiger partial charge on any atom is -0.392 e. The largest absolute Gasteiger partial charge is 0.392 e. The maximum absolute atomic E-state index is 11.4. The fourth-order valence-corrected chi connectivity index (χ4v) is 1.83. The Bertz CT molecular complexity index is 172. The van der Waals surface area contributed by atoms with Crippen molar-refractivity contribution in [2.75, 3.05) is 5.75 Å². The molecule has 0 heterocycles. The summed E-state index contributed by atoms with van der Waals surface area (Å²) in [5.74, 6) is 0.505. The molecule has 0 aromatic rings. The first kappa shape index (κ1) is 13.0. The molecule has 0 rings (SSSR count). The third-order valence-corrected chi connectivity index (χ3v) is 2.96. The van der Waals surface area contributed by atoms with E-state index in [2.05, 4.69) is 0 Å². The summed E-state index contributed by atoms with van der Waals surface area (Å²) in [7, 11) is 0. The third-order valence-electron chi connectivity index (χ3n) is 2.02. The lowest BCUT2D eigenvalue weighted by atomic mass is 9.82. The van der Waals surface area contributed by atoms with E-state index in [0.29, 0.717) is 0 Å². The minimum atomic E-state index is -0.556. The third kappa shape index (κ3) is 4.14. The topological polar surface area (TPSA) is 37.3 Å². The molecule has 0 radical (unpaired) electrons. The zero-order chi connectivity index (χ0) is 10.6. The molecule has 0 aliphatic rings. The van der Waals surface area contributed by atoms with Gasteiger partial charge in [0.2, 0.25) is 0 Å². The molecule has 0 aliphatic carbocycles. The fraction of sp³-hybridized carbons (Fsp3) is 0.900. The van der Waals surface area contributed by atoms with Crippen LogP contribution in [0.25, 0.3) is 0 Å². The lowest BCUT2D eigenvalue weighted by Crippen LogP contribution is -2.35. The van der Waals surface area contributed by atoms with Crippen LogP contribution in [0.3, 0.4) is 0 Å². The first-order chi connectivity index (χ1) is 5.80. The minimum absolute atomic E-state index is 0.0879. The van der Waals surface area contributed by atoms with Crippen LogP contribution in [-0.4, -0.2) is 22.1 Å². The van der Waals surface area contributed by atoms with Gasteiger partial charge in [0.15, 0.2) is 5.12 Å². The highest BCUT2D eigenvalue weighted by atomic mass is 32.2. The molecule has 0 unspecified atom stereocenters. The van der Waals surface area contributed by atoms with Crippen LogP contribution in [0.4, 0.5) is 0 Å². The first-order valence-corrected chi connectivity index (χ1v) is 5.64. The number of aliphatic hydroxyl groups is 1. The summed E-state index contributed by atoms with van der Waals surface area (Å²) in [5, 5.41) is 9.90. The van der Waals surface area contributed by atoms with E-state index >= 15 is 0 Å². The maximum Gasteiger partial charge on any atom is 0.194 e. The van der Waals surface area contributed by atoms with E-state index in [1.54, 1.807) is 6.92 Å². The second-order valence-electron chi connectivity index (χ2n) is 4.35. The molecule has 2 nitrogen and oxygen atoms in total. The van der Waals surface area contributed by atoms with Crippen molar-refractivity contribution in [2.45, 2.75) is 40.7 Å². The summed E-state index contributed by atoms with van der Waals surface area (Å²) in [6.45, 7) is 9.56. The van der Waals surface area contributed by atoms with Crippen LogP contribution in [0.15, 0.2) is 0 Å². The molecule has 0 saturated carbocycles. The predicted octanol–water partition coefficient (Wildman–Crippen LogP) is 2.31. The number of thioether (sulfide) groups is 1. The van der Waals surface area contributed by atoms with Gasteiger partial charge in [-0.15, -0.1) is 0 Å². The van der Waals surface area contributed by atoms with E-state index in [9.17, 15) is 9.90 Å². The summed E-state index contributed by atoms with van der Waals surface area (Å²) in [6.07, 6.45) is -0.556. The fourth-order valence-electron chi connectivity index (χ4n) is 1.15. The quantitative estimate of drug-likeness (QED) is 0.766. The first-order valence-electron chi connectivity index (χ1n) is 4.65. The van der Waals surface area contributed by atoms with Gasteiger partial charge in [-0.05, 0) is 11.2 Å². The van der Waals surface area contributed by atoms with E-state index in [0.717, 1.165) is 5.75 Å². The van der Waals surface area contributed by atoms with Crippen LogP contribution in [0.2, 0.25) is 0 Å². The SMILES string of the molecule is CCSC(=O)[C@@H](C)[C@H](O)C(C)(C)C. The molecule has 0 bridgehead atoms. The van der Waals surface area contributed by atoms with Gasteiger partial charge >= 0.3 is 0 Å². The number of hydrogen-bond acceptors (Lipinski definition) is 3. The van der Waals surface area contributed by atoms with Crippen molar-refractivity contribution in [1.29, 1.82) is 0 Å².